The highest BCUT2D eigenvalue weighted by atomic mass is 16.6. The van der Waals surface area contributed by atoms with Crippen LogP contribution in [0.2, 0.25) is 0 Å². The van der Waals surface area contributed by atoms with Crippen LogP contribution in [-0.2, 0) is 14.3 Å². The Kier molecular flexibility index (Phi) is 13.1. The second kappa shape index (κ2) is 15.2. The number of esters is 1. The SMILES string of the molecule is CCCCCCCCCCCCCCCC1(OC(C)=O)C([N+](=O)[O-])=C([N+](=O)[O-])C=CC1C(=O)O. The molecule has 0 saturated carbocycles. The van der Waals surface area contributed by atoms with Gasteiger partial charge in [-0.3, -0.25) is 29.8 Å². The molecule has 1 rings (SSSR count). The molecule has 0 spiro atoms. The standard InChI is InChI=1S/C24H38N2O8/c1-3-4-5-6-7-8-9-10-11-12-13-14-15-18-24(34-19(2)27)20(23(28)29)16-17-21(25(30)31)22(24)26(32)33/h16-17,20H,3-15,18H2,1-2H3,(H,28,29). The van der Waals surface area contributed by atoms with Crippen molar-refractivity contribution in [2.24, 2.45) is 5.92 Å². The summed E-state index contributed by atoms with van der Waals surface area (Å²) >= 11 is 0. The summed E-state index contributed by atoms with van der Waals surface area (Å²) in [6.45, 7) is 3.21. The first-order valence-corrected chi connectivity index (χ1v) is 12.3. The molecule has 2 unspecified atom stereocenters. The maximum Gasteiger partial charge on any atom is 0.367 e. The molecule has 1 N–H and O–H groups in total. The van der Waals surface area contributed by atoms with Gasteiger partial charge < -0.3 is 9.84 Å². The first-order chi connectivity index (χ1) is 16.2. The molecule has 0 bridgehead atoms. The second-order valence-electron chi connectivity index (χ2n) is 8.90. The summed E-state index contributed by atoms with van der Waals surface area (Å²) in [6, 6.07) is 0. The van der Waals surface area contributed by atoms with Gasteiger partial charge in [-0.1, -0.05) is 90.0 Å². The van der Waals surface area contributed by atoms with Gasteiger partial charge in [-0.05, 0) is 12.8 Å². The summed E-state index contributed by atoms with van der Waals surface area (Å²) in [7, 11) is 0. The zero-order valence-corrected chi connectivity index (χ0v) is 20.3. The molecule has 0 fully saturated rings. The first-order valence-electron chi connectivity index (χ1n) is 12.3. The monoisotopic (exact) mass is 482 g/mol. The Morgan fingerprint density at radius 1 is 0.912 bits per heavy atom. The summed E-state index contributed by atoms with van der Waals surface area (Å²) in [5, 5.41) is 32.9. The molecule has 0 aromatic rings. The number of unbranched alkanes of at least 4 members (excludes halogenated alkanes) is 12. The fourth-order valence-electron chi connectivity index (χ4n) is 4.56. The quantitative estimate of drug-likeness (QED) is 0.111. The molecule has 1 aliphatic carbocycles. The van der Waals surface area contributed by atoms with Crippen molar-refractivity contribution in [3.05, 3.63) is 43.8 Å². The smallest absolute Gasteiger partial charge is 0.367 e. The van der Waals surface area contributed by atoms with Gasteiger partial charge in [0, 0.05) is 13.0 Å². The average Bonchev–Trinajstić information content (AvgIpc) is 2.75. The fraction of sp³-hybridized carbons (Fsp3) is 0.750. The van der Waals surface area contributed by atoms with E-state index in [1.165, 1.54) is 44.9 Å². The van der Waals surface area contributed by atoms with Crippen LogP contribution < -0.4 is 0 Å². The zero-order chi connectivity index (χ0) is 25.6. The Bertz CT molecular complexity index is 777. The number of ether oxygens (including phenoxy) is 1. The minimum atomic E-state index is -2.23. The Hall–Kier alpha value is -2.78. The molecular formula is C24H38N2O8. The van der Waals surface area contributed by atoms with Crippen LogP contribution >= 0.6 is 0 Å². The second-order valence-corrected chi connectivity index (χ2v) is 8.90. The number of nitrogens with zero attached hydrogens (tertiary/aromatic N) is 2. The van der Waals surface area contributed by atoms with Crippen LogP contribution in [-0.4, -0.2) is 32.5 Å². The molecule has 1 aliphatic rings. The first kappa shape index (κ1) is 29.3. The summed E-state index contributed by atoms with van der Waals surface area (Å²) in [5.41, 5.74) is -4.07. The molecule has 34 heavy (non-hydrogen) atoms. The number of aliphatic carboxylic acids is 1. The predicted molar refractivity (Wildman–Crippen MR) is 126 cm³/mol. The molecule has 10 heteroatoms. The van der Waals surface area contributed by atoms with Gasteiger partial charge in [-0.15, -0.1) is 0 Å². The fourth-order valence-corrected chi connectivity index (χ4v) is 4.56. The van der Waals surface area contributed by atoms with E-state index in [1.807, 2.05) is 0 Å². The van der Waals surface area contributed by atoms with E-state index >= 15 is 0 Å². The number of carboxylic acid groups (broad SMARTS) is 1. The van der Waals surface area contributed by atoms with Crippen molar-refractivity contribution < 1.29 is 29.3 Å². The van der Waals surface area contributed by atoms with Crippen LogP contribution in [0.3, 0.4) is 0 Å². The maximum atomic E-state index is 11.9. The van der Waals surface area contributed by atoms with Gasteiger partial charge in [0.2, 0.25) is 5.60 Å². The lowest BCUT2D eigenvalue weighted by atomic mass is 9.76. The summed E-state index contributed by atoms with van der Waals surface area (Å²) < 4.78 is 5.24. The number of hydrogen-bond acceptors (Lipinski definition) is 7. The van der Waals surface area contributed by atoms with E-state index in [4.69, 9.17) is 4.74 Å². The van der Waals surface area contributed by atoms with E-state index < -0.39 is 44.7 Å². The van der Waals surface area contributed by atoms with E-state index in [1.54, 1.807) is 0 Å². The minimum absolute atomic E-state index is 0.181. The molecule has 10 nitrogen and oxygen atoms in total. The van der Waals surface area contributed by atoms with Gasteiger partial charge in [0.25, 0.3) is 0 Å². The Morgan fingerprint density at radius 2 is 1.38 bits per heavy atom. The van der Waals surface area contributed by atoms with Gasteiger partial charge in [0.15, 0.2) is 0 Å². The molecule has 0 radical (unpaired) electrons. The lowest BCUT2D eigenvalue weighted by Gasteiger charge is -2.35. The Morgan fingerprint density at radius 3 is 1.76 bits per heavy atom. The van der Waals surface area contributed by atoms with Crippen LogP contribution in [0, 0.1) is 26.1 Å². The van der Waals surface area contributed by atoms with Crippen molar-refractivity contribution in [1.29, 1.82) is 0 Å². The van der Waals surface area contributed by atoms with Crippen molar-refractivity contribution in [1.82, 2.24) is 0 Å². The Balaban J connectivity index is 2.69. The molecule has 192 valence electrons. The number of carbonyl (C=O) groups is 2. The van der Waals surface area contributed by atoms with Gasteiger partial charge in [0.1, 0.15) is 5.92 Å². The third-order valence-electron chi connectivity index (χ3n) is 6.22. The number of carboxylic acids is 1. The van der Waals surface area contributed by atoms with Crippen molar-refractivity contribution >= 4 is 11.9 Å². The third kappa shape index (κ3) is 8.87. The summed E-state index contributed by atoms with van der Waals surface area (Å²) in [5.74, 6) is -3.97. The molecular weight excluding hydrogens is 444 g/mol. The highest BCUT2D eigenvalue weighted by Gasteiger charge is 2.60. The minimum Gasteiger partial charge on any atom is -0.481 e. The third-order valence-corrected chi connectivity index (χ3v) is 6.22. The van der Waals surface area contributed by atoms with Crippen molar-refractivity contribution in [3.63, 3.8) is 0 Å². The van der Waals surface area contributed by atoms with Crippen LogP contribution in [0.15, 0.2) is 23.5 Å². The van der Waals surface area contributed by atoms with Crippen LogP contribution in [0.25, 0.3) is 0 Å². The normalized spacial score (nSPS) is 19.8. The maximum absolute atomic E-state index is 11.9. The molecule has 2 atom stereocenters. The predicted octanol–water partition coefficient (Wildman–Crippen LogP) is 5.81. The zero-order valence-electron chi connectivity index (χ0n) is 20.3. The topological polar surface area (TPSA) is 150 Å². The molecule has 0 amide bonds. The van der Waals surface area contributed by atoms with Crippen LogP contribution in [0.1, 0.15) is 104 Å². The van der Waals surface area contributed by atoms with Gasteiger partial charge >= 0.3 is 23.3 Å². The van der Waals surface area contributed by atoms with Crippen LogP contribution in [0.4, 0.5) is 0 Å². The summed E-state index contributed by atoms with van der Waals surface area (Å²) in [4.78, 5) is 44.9. The highest BCUT2D eigenvalue weighted by molar-refractivity contribution is 5.77. The number of rotatable bonds is 18. The summed E-state index contributed by atoms with van der Waals surface area (Å²) in [6.07, 6.45) is 15.5. The molecule has 0 aromatic carbocycles. The van der Waals surface area contributed by atoms with E-state index in [9.17, 15) is 34.9 Å². The number of carbonyl (C=O) groups excluding carboxylic acids is 1. The number of allylic oxidation sites excluding steroid dienone is 1. The van der Waals surface area contributed by atoms with E-state index in [0.29, 0.717) is 12.8 Å². The van der Waals surface area contributed by atoms with E-state index in [-0.39, 0.29) is 6.42 Å². The van der Waals surface area contributed by atoms with Gasteiger partial charge in [-0.2, -0.15) is 0 Å². The van der Waals surface area contributed by atoms with Crippen molar-refractivity contribution in [3.8, 4) is 0 Å². The molecule has 0 heterocycles. The number of hydrogen-bond donors (Lipinski definition) is 1. The molecule has 0 aliphatic heterocycles. The lowest BCUT2D eigenvalue weighted by molar-refractivity contribution is -0.483. The largest absolute Gasteiger partial charge is 0.481 e. The van der Waals surface area contributed by atoms with E-state index in [2.05, 4.69) is 6.92 Å². The number of nitro groups is 2. The Labute approximate surface area is 200 Å². The van der Waals surface area contributed by atoms with E-state index in [0.717, 1.165) is 44.8 Å². The molecule has 0 aromatic heterocycles. The van der Waals surface area contributed by atoms with Crippen LogP contribution in [0.5, 0.6) is 0 Å². The van der Waals surface area contributed by atoms with Crippen molar-refractivity contribution in [2.75, 3.05) is 0 Å². The molecule has 0 saturated heterocycles. The highest BCUT2D eigenvalue weighted by Crippen LogP contribution is 2.42. The van der Waals surface area contributed by atoms with Gasteiger partial charge in [-0.25, -0.2) is 0 Å². The average molecular weight is 483 g/mol. The van der Waals surface area contributed by atoms with Crippen molar-refractivity contribution in [2.45, 2.75) is 109 Å². The lowest BCUT2D eigenvalue weighted by Crippen LogP contribution is -2.51. The van der Waals surface area contributed by atoms with Gasteiger partial charge in [0.05, 0.1) is 9.85 Å².